The molecule has 0 aromatic heterocycles. The zero-order chi connectivity index (χ0) is 14.0. The van der Waals surface area contributed by atoms with Crippen LogP contribution in [0.5, 0.6) is 11.5 Å². The van der Waals surface area contributed by atoms with Crippen molar-refractivity contribution < 1.29 is 24.2 Å². The van der Waals surface area contributed by atoms with Crippen LogP contribution in [0.15, 0.2) is 18.2 Å². The first-order valence-corrected chi connectivity index (χ1v) is 5.82. The summed E-state index contributed by atoms with van der Waals surface area (Å²) in [6.45, 7) is 3.00. The Hall–Kier alpha value is -2.24. The van der Waals surface area contributed by atoms with Crippen molar-refractivity contribution in [1.29, 1.82) is 0 Å². The molecule has 2 rings (SSSR count). The molecule has 1 heterocycles. The van der Waals surface area contributed by atoms with Crippen LogP contribution in [0.4, 0.5) is 0 Å². The van der Waals surface area contributed by atoms with E-state index < -0.39 is 11.5 Å². The molecule has 1 aromatic carbocycles. The third-order valence-corrected chi connectivity index (χ3v) is 2.82. The number of carbonyl (C=O) groups is 2. The van der Waals surface area contributed by atoms with Gasteiger partial charge >= 0.3 is 5.97 Å². The number of para-hydroxylation sites is 1. The second kappa shape index (κ2) is 4.79. The van der Waals surface area contributed by atoms with Gasteiger partial charge in [0.25, 0.3) is 0 Å². The molecule has 0 fully saturated rings. The quantitative estimate of drug-likeness (QED) is 0.846. The van der Waals surface area contributed by atoms with Crippen LogP contribution < -0.4 is 14.8 Å². The van der Waals surface area contributed by atoms with Gasteiger partial charge in [0.2, 0.25) is 12.7 Å². The zero-order valence-corrected chi connectivity index (χ0v) is 10.7. The standard InChI is InChI=1S/C13H15NO5/c1-13(2,12(16)17)14-10(15)6-8-4-3-5-9-11(8)19-7-18-9/h3-5H,6-7H2,1-2H3,(H,14,15)(H,16,17). The number of aliphatic carboxylic acids is 1. The number of hydrogen-bond donors (Lipinski definition) is 2. The smallest absolute Gasteiger partial charge is 0.328 e. The number of rotatable bonds is 4. The zero-order valence-electron chi connectivity index (χ0n) is 10.7. The minimum absolute atomic E-state index is 0.0449. The van der Waals surface area contributed by atoms with Crippen molar-refractivity contribution in [2.24, 2.45) is 0 Å². The summed E-state index contributed by atoms with van der Waals surface area (Å²) in [4.78, 5) is 22.8. The van der Waals surface area contributed by atoms with Gasteiger partial charge in [-0.05, 0) is 19.9 Å². The van der Waals surface area contributed by atoms with Crippen molar-refractivity contribution in [3.05, 3.63) is 23.8 Å². The molecule has 0 saturated carbocycles. The Kier molecular flexibility index (Phi) is 3.33. The van der Waals surface area contributed by atoms with E-state index >= 15 is 0 Å². The molecule has 0 atom stereocenters. The number of benzene rings is 1. The molecule has 6 heteroatoms. The van der Waals surface area contributed by atoms with Crippen molar-refractivity contribution in [3.8, 4) is 11.5 Å². The summed E-state index contributed by atoms with van der Waals surface area (Å²) in [6, 6.07) is 5.27. The van der Waals surface area contributed by atoms with Crippen molar-refractivity contribution in [2.75, 3.05) is 6.79 Å². The van der Waals surface area contributed by atoms with Gasteiger partial charge in [0, 0.05) is 5.56 Å². The van der Waals surface area contributed by atoms with E-state index in [-0.39, 0.29) is 19.1 Å². The van der Waals surface area contributed by atoms with Crippen LogP contribution in [0.3, 0.4) is 0 Å². The molecule has 1 aromatic rings. The van der Waals surface area contributed by atoms with Crippen molar-refractivity contribution in [3.63, 3.8) is 0 Å². The first-order chi connectivity index (χ1) is 8.90. The molecule has 1 aliphatic rings. The van der Waals surface area contributed by atoms with Gasteiger partial charge in [-0.3, -0.25) is 4.79 Å². The number of hydrogen-bond acceptors (Lipinski definition) is 4. The monoisotopic (exact) mass is 265 g/mol. The Balaban J connectivity index is 2.08. The minimum Gasteiger partial charge on any atom is -0.480 e. The lowest BCUT2D eigenvalue weighted by atomic mass is 10.0. The number of carboxylic acid groups (broad SMARTS) is 1. The fraction of sp³-hybridized carbons (Fsp3) is 0.385. The molecule has 1 amide bonds. The Morgan fingerprint density at radius 1 is 1.37 bits per heavy atom. The summed E-state index contributed by atoms with van der Waals surface area (Å²) in [6.07, 6.45) is 0.0449. The second-order valence-electron chi connectivity index (χ2n) is 4.81. The van der Waals surface area contributed by atoms with Crippen molar-refractivity contribution >= 4 is 11.9 Å². The molecule has 0 radical (unpaired) electrons. The first kappa shape index (κ1) is 13.2. The second-order valence-corrected chi connectivity index (χ2v) is 4.81. The first-order valence-electron chi connectivity index (χ1n) is 5.82. The topological polar surface area (TPSA) is 84.9 Å². The summed E-state index contributed by atoms with van der Waals surface area (Å²) in [7, 11) is 0. The van der Waals surface area contributed by atoms with Crippen LogP contribution in [-0.2, 0) is 16.0 Å². The Labute approximate surface area is 110 Å². The van der Waals surface area contributed by atoms with E-state index in [1.807, 2.05) is 0 Å². The highest BCUT2D eigenvalue weighted by molar-refractivity contribution is 5.87. The molecular weight excluding hydrogens is 250 g/mol. The average Bonchev–Trinajstić information content (AvgIpc) is 2.77. The lowest BCUT2D eigenvalue weighted by molar-refractivity contribution is -0.145. The molecule has 2 N–H and O–H groups in total. The third kappa shape index (κ3) is 2.78. The maximum Gasteiger partial charge on any atom is 0.328 e. The number of fused-ring (bicyclic) bond motifs is 1. The SMILES string of the molecule is CC(C)(NC(=O)Cc1cccc2c1OCO2)C(=O)O. The minimum atomic E-state index is -1.30. The van der Waals surface area contributed by atoms with Gasteiger partial charge in [0.1, 0.15) is 5.54 Å². The van der Waals surface area contributed by atoms with E-state index in [1.165, 1.54) is 13.8 Å². The van der Waals surface area contributed by atoms with Crippen molar-refractivity contribution in [2.45, 2.75) is 25.8 Å². The Bertz CT molecular complexity index is 524. The lowest BCUT2D eigenvalue weighted by Crippen LogP contribution is -2.50. The number of carbonyl (C=O) groups excluding carboxylic acids is 1. The van der Waals surface area contributed by atoms with Crippen LogP contribution in [-0.4, -0.2) is 29.3 Å². The van der Waals surface area contributed by atoms with Crippen LogP contribution in [0.1, 0.15) is 19.4 Å². The van der Waals surface area contributed by atoms with E-state index in [9.17, 15) is 9.59 Å². The highest BCUT2D eigenvalue weighted by Crippen LogP contribution is 2.35. The van der Waals surface area contributed by atoms with Crippen LogP contribution in [0.2, 0.25) is 0 Å². The fourth-order valence-electron chi connectivity index (χ4n) is 1.75. The van der Waals surface area contributed by atoms with Gasteiger partial charge in [-0.2, -0.15) is 0 Å². The predicted octanol–water partition coefficient (Wildman–Crippen LogP) is 0.937. The van der Waals surface area contributed by atoms with Gasteiger partial charge in [0.15, 0.2) is 11.5 Å². The summed E-state index contributed by atoms with van der Waals surface area (Å²) in [5.41, 5.74) is -0.625. The van der Waals surface area contributed by atoms with Gasteiger partial charge in [-0.1, -0.05) is 12.1 Å². The molecule has 6 nitrogen and oxygen atoms in total. The Morgan fingerprint density at radius 2 is 2.11 bits per heavy atom. The molecule has 19 heavy (non-hydrogen) atoms. The van der Waals surface area contributed by atoms with Gasteiger partial charge < -0.3 is 19.9 Å². The summed E-state index contributed by atoms with van der Waals surface area (Å²) in [5, 5.41) is 11.4. The number of nitrogens with one attached hydrogen (secondary N) is 1. The lowest BCUT2D eigenvalue weighted by Gasteiger charge is -2.21. The Morgan fingerprint density at radius 3 is 2.79 bits per heavy atom. The van der Waals surface area contributed by atoms with Crippen LogP contribution >= 0.6 is 0 Å². The number of amides is 1. The van der Waals surface area contributed by atoms with E-state index in [4.69, 9.17) is 14.6 Å². The molecule has 0 saturated heterocycles. The molecule has 0 bridgehead atoms. The van der Waals surface area contributed by atoms with Crippen molar-refractivity contribution in [1.82, 2.24) is 5.32 Å². The van der Waals surface area contributed by atoms with Gasteiger partial charge in [-0.25, -0.2) is 4.79 Å². The number of carboxylic acids is 1. The summed E-state index contributed by atoms with van der Waals surface area (Å²) >= 11 is 0. The molecule has 0 unspecified atom stereocenters. The van der Waals surface area contributed by atoms with Gasteiger partial charge in [0.05, 0.1) is 6.42 Å². The summed E-state index contributed by atoms with van der Waals surface area (Å²) in [5.74, 6) is -0.316. The molecule has 1 aliphatic heterocycles. The largest absolute Gasteiger partial charge is 0.480 e. The molecule has 0 aliphatic carbocycles. The molecule has 0 spiro atoms. The normalized spacial score (nSPS) is 13.2. The predicted molar refractivity (Wildman–Crippen MR) is 66.1 cm³/mol. The highest BCUT2D eigenvalue weighted by Gasteiger charge is 2.29. The highest BCUT2D eigenvalue weighted by atomic mass is 16.7. The van der Waals surface area contributed by atoms with E-state index in [1.54, 1.807) is 18.2 Å². The van der Waals surface area contributed by atoms with E-state index in [0.29, 0.717) is 17.1 Å². The van der Waals surface area contributed by atoms with E-state index in [0.717, 1.165) is 0 Å². The average molecular weight is 265 g/mol. The van der Waals surface area contributed by atoms with Gasteiger partial charge in [-0.15, -0.1) is 0 Å². The van der Waals surface area contributed by atoms with Crippen LogP contribution in [0.25, 0.3) is 0 Å². The third-order valence-electron chi connectivity index (χ3n) is 2.82. The van der Waals surface area contributed by atoms with Crippen LogP contribution in [0, 0.1) is 0 Å². The maximum absolute atomic E-state index is 11.9. The van der Waals surface area contributed by atoms with E-state index in [2.05, 4.69) is 5.32 Å². The summed E-state index contributed by atoms with van der Waals surface area (Å²) < 4.78 is 10.5. The fourth-order valence-corrected chi connectivity index (χ4v) is 1.75. The molecular formula is C13H15NO5. The number of ether oxygens (including phenoxy) is 2. The molecule has 102 valence electrons. The maximum atomic E-state index is 11.9.